The maximum atomic E-state index is 11.8. The predicted molar refractivity (Wildman–Crippen MR) is 73.5 cm³/mol. The monoisotopic (exact) mass is 266 g/mol. The van der Waals surface area contributed by atoms with E-state index in [4.69, 9.17) is 4.42 Å². The lowest BCUT2D eigenvalue weighted by molar-refractivity contribution is 0.453. The molecule has 2 aromatic rings. The van der Waals surface area contributed by atoms with Crippen molar-refractivity contribution in [2.75, 3.05) is 12.5 Å². The first-order valence-corrected chi connectivity index (χ1v) is 8.47. The highest BCUT2D eigenvalue weighted by Gasteiger charge is 2.15. The molecule has 98 valence electrons. The summed E-state index contributed by atoms with van der Waals surface area (Å²) in [6, 6.07) is 7.98. The Kier molecular flexibility index (Phi) is 3.34. The van der Waals surface area contributed by atoms with E-state index >= 15 is 0 Å². The Morgan fingerprint density at radius 1 is 1.11 bits per heavy atom. The van der Waals surface area contributed by atoms with Crippen LogP contribution < -0.4 is 0 Å². The molecule has 0 aliphatic rings. The first-order chi connectivity index (χ1) is 8.38. The maximum absolute atomic E-state index is 11.8. The van der Waals surface area contributed by atoms with Gasteiger partial charge in [0.15, 0.2) is 0 Å². The van der Waals surface area contributed by atoms with Crippen molar-refractivity contribution in [1.82, 2.24) is 10.2 Å². The van der Waals surface area contributed by atoms with Crippen LogP contribution in [0.15, 0.2) is 33.9 Å². The number of thiol groups is 1. The van der Waals surface area contributed by atoms with E-state index in [0.717, 1.165) is 5.56 Å². The van der Waals surface area contributed by atoms with Crippen molar-refractivity contribution in [3.05, 3.63) is 29.8 Å². The van der Waals surface area contributed by atoms with E-state index in [1.54, 1.807) is 12.5 Å². The van der Waals surface area contributed by atoms with E-state index in [9.17, 15) is 4.21 Å². The maximum Gasteiger partial charge on any atom is 0.283 e. The van der Waals surface area contributed by atoms with Crippen molar-refractivity contribution in [3.8, 4) is 11.5 Å². The van der Waals surface area contributed by atoms with Gasteiger partial charge in [0.25, 0.3) is 5.22 Å². The molecule has 0 fully saturated rings. The minimum Gasteiger partial charge on any atom is -0.411 e. The van der Waals surface area contributed by atoms with Gasteiger partial charge in [-0.3, -0.25) is 4.21 Å². The molecule has 2 rings (SSSR count). The Morgan fingerprint density at radius 2 is 1.72 bits per heavy atom. The van der Waals surface area contributed by atoms with Gasteiger partial charge in [-0.05, 0) is 46.1 Å². The van der Waals surface area contributed by atoms with Crippen LogP contribution in [0.25, 0.3) is 11.5 Å². The topological polar surface area (TPSA) is 56.0 Å². The second-order valence-corrected chi connectivity index (χ2v) is 8.10. The molecule has 0 saturated carbocycles. The third kappa shape index (κ3) is 2.67. The van der Waals surface area contributed by atoms with Gasteiger partial charge in [0.05, 0.1) is 0 Å². The smallest absolute Gasteiger partial charge is 0.283 e. The van der Waals surface area contributed by atoms with Crippen molar-refractivity contribution in [1.29, 1.82) is 0 Å². The highest BCUT2D eigenvalue weighted by molar-refractivity contribution is 8.01. The molecule has 4 nitrogen and oxygen atoms in total. The van der Waals surface area contributed by atoms with Crippen LogP contribution >= 0.6 is 0 Å². The van der Waals surface area contributed by atoms with Crippen LogP contribution in [-0.2, 0) is 9.93 Å². The molecular weight excluding hydrogens is 248 g/mol. The van der Waals surface area contributed by atoms with Crippen molar-refractivity contribution < 1.29 is 8.63 Å². The zero-order valence-corrected chi connectivity index (χ0v) is 11.9. The second kappa shape index (κ2) is 4.65. The van der Waals surface area contributed by atoms with Gasteiger partial charge in [0.2, 0.25) is 5.89 Å². The minimum absolute atomic E-state index is 0.227. The molecule has 5 heteroatoms. The average Bonchev–Trinajstić information content (AvgIpc) is 2.78. The Morgan fingerprint density at radius 3 is 2.17 bits per heavy atom. The number of hydrogen-bond acceptors (Lipinski definition) is 4. The summed E-state index contributed by atoms with van der Waals surface area (Å²) in [6.07, 6.45) is 3.23. The fourth-order valence-electron chi connectivity index (χ4n) is 1.56. The number of benzene rings is 1. The summed E-state index contributed by atoms with van der Waals surface area (Å²) in [5.41, 5.74) is 2.11. The van der Waals surface area contributed by atoms with Crippen LogP contribution in [0.5, 0.6) is 0 Å². The lowest BCUT2D eigenvalue weighted by Crippen LogP contribution is -2.06. The van der Waals surface area contributed by atoms with Gasteiger partial charge >= 0.3 is 0 Å². The van der Waals surface area contributed by atoms with Crippen molar-refractivity contribution >= 4 is 9.93 Å². The van der Waals surface area contributed by atoms with Crippen LogP contribution in [0.3, 0.4) is 0 Å². The molecule has 1 heterocycles. The van der Waals surface area contributed by atoms with E-state index in [1.165, 1.54) is 5.56 Å². The van der Waals surface area contributed by atoms with Gasteiger partial charge < -0.3 is 4.42 Å². The van der Waals surface area contributed by atoms with Crippen LogP contribution in [0.1, 0.15) is 25.3 Å². The molecule has 1 aromatic carbocycles. The Labute approximate surface area is 108 Å². The third-order valence-corrected chi connectivity index (χ3v) is 3.80. The molecule has 0 radical (unpaired) electrons. The molecule has 0 N–H and O–H groups in total. The summed E-state index contributed by atoms with van der Waals surface area (Å²) in [5.74, 6) is 0.910. The van der Waals surface area contributed by atoms with Crippen LogP contribution in [0, 0.1) is 0 Å². The van der Waals surface area contributed by atoms with Crippen molar-refractivity contribution in [2.45, 2.75) is 25.0 Å². The van der Waals surface area contributed by atoms with E-state index in [-0.39, 0.29) is 5.22 Å². The quantitative estimate of drug-likeness (QED) is 0.867. The Hall–Kier alpha value is -1.49. The zero-order chi connectivity index (χ0) is 13.3. The van der Waals surface area contributed by atoms with Crippen LogP contribution in [0.4, 0.5) is 0 Å². The standard InChI is InChI=1S/C13H18N2O2S/c1-9(2)10-5-7-11(8-6-10)12-14-15-13(17-12)18(3,4)16/h5-9,18H,1-4H3. The predicted octanol–water partition coefficient (Wildman–Crippen LogP) is 2.50. The third-order valence-electron chi connectivity index (χ3n) is 2.70. The summed E-state index contributed by atoms with van der Waals surface area (Å²) < 4.78 is 17.3. The fraction of sp³-hybridized carbons (Fsp3) is 0.385. The lowest BCUT2D eigenvalue weighted by Gasteiger charge is -2.05. The average molecular weight is 266 g/mol. The van der Waals surface area contributed by atoms with Crippen LogP contribution in [-0.4, -0.2) is 26.9 Å². The first kappa shape index (κ1) is 13.0. The molecule has 0 spiro atoms. The number of hydrogen-bond donors (Lipinski definition) is 1. The molecular formula is C13H18N2O2S. The lowest BCUT2D eigenvalue weighted by atomic mass is 10.0. The molecule has 0 amide bonds. The molecule has 18 heavy (non-hydrogen) atoms. The van der Waals surface area contributed by atoms with Gasteiger partial charge in [0.1, 0.15) is 0 Å². The van der Waals surface area contributed by atoms with Gasteiger partial charge in [-0.1, -0.05) is 26.0 Å². The summed E-state index contributed by atoms with van der Waals surface area (Å²) >= 11 is 0. The molecule has 0 aliphatic carbocycles. The van der Waals surface area contributed by atoms with Gasteiger partial charge in [-0.15, -0.1) is 10.2 Å². The molecule has 0 aliphatic heterocycles. The van der Waals surface area contributed by atoms with E-state index < -0.39 is 9.93 Å². The summed E-state index contributed by atoms with van der Waals surface area (Å²) in [6.45, 7) is 4.29. The largest absolute Gasteiger partial charge is 0.411 e. The second-order valence-electron chi connectivity index (χ2n) is 5.02. The minimum atomic E-state index is -2.48. The summed E-state index contributed by atoms with van der Waals surface area (Å²) in [5, 5.41) is 8.01. The number of rotatable bonds is 3. The highest BCUT2D eigenvalue weighted by Crippen LogP contribution is 2.23. The van der Waals surface area contributed by atoms with Gasteiger partial charge in [-0.2, -0.15) is 0 Å². The molecule has 0 atom stereocenters. The Balaban J connectivity index is 2.32. The zero-order valence-electron chi connectivity index (χ0n) is 11.0. The van der Waals surface area contributed by atoms with Gasteiger partial charge in [0, 0.05) is 5.56 Å². The molecule has 0 bridgehead atoms. The summed E-state index contributed by atoms with van der Waals surface area (Å²) in [7, 11) is -2.48. The highest BCUT2D eigenvalue weighted by atomic mass is 32.2. The number of nitrogens with zero attached hydrogens (tertiary/aromatic N) is 2. The van der Waals surface area contributed by atoms with E-state index in [1.807, 2.05) is 24.3 Å². The molecule has 0 unspecified atom stereocenters. The fourth-order valence-corrected chi connectivity index (χ4v) is 2.13. The number of aromatic nitrogens is 2. The van der Waals surface area contributed by atoms with Crippen molar-refractivity contribution in [2.24, 2.45) is 0 Å². The van der Waals surface area contributed by atoms with E-state index in [2.05, 4.69) is 24.0 Å². The molecule has 1 aromatic heterocycles. The van der Waals surface area contributed by atoms with Crippen LogP contribution in [0.2, 0.25) is 0 Å². The molecule has 0 saturated heterocycles. The van der Waals surface area contributed by atoms with Crippen molar-refractivity contribution in [3.63, 3.8) is 0 Å². The van der Waals surface area contributed by atoms with E-state index in [0.29, 0.717) is 11.8 Å². The normalized spacial score (nSPS) is 12.9. The summed E-state index contributed by atoms with van der Waals surface area (Å²) in [4.78, 5) is 0. The van der Waals surface area contributed by atoms with Gasteiger partial charge in [-0.25, -0.2) is 0 Å². The Bertz CT molecular complexity index is 581. The first-order valence-electron chi connectivity index (χ1n) is 5.87. The SMILES string of the molecule is CC(C)c1ccc(-c2nnc([SH](C)(C)=O)o2)cc1.